The maximum Gasteiger partial charge on any atom is 0.317 e. The van der Waals surface area contributed by atoms with Crippen molar-refractivity contribution >= 4 is 11.9 Å². The fraction of sp³-hybridized carbons (Fsp3) is 0.350. The van der Waals surface area contributed by atoms with Gasteiger partial charge in [-0.3, -0.25) is 19.5 Å². The Bertz CT molecular complexity index is 773. The van der Waals surface area contributed by atoms with Crippen LogP contribution in [0.25, 0.3) is 11.1 Å². The van der Waals surface area contributed by atoms with Crippen LogP contribution in [0, 0.1) is 0 Å². The maximum atomic E-state index is 12.5. The molecule has 0 spiro atoms. The number of amides is 1. The molecule has 0 aliphatic heterocycles. The van der Waals surface area contributed by atoms with Crippen LogP contribution in [-0.2, 0) is 4.79 Å². The normalized spacial score (nSPS) is 19.0. The first-order chi connectivity index (χ1) is 12.6. The maximum absolute atomic E-state index is 12.5. The second kappa shape index (κ2) is 8.10. The molecule has 1 aliphatic rings. The Morgan fingerprint density at radius 1 is 1.19 bits per heavy atom. The second-order valence-corrected chi connectivity index (χ2v) is 6.58. The zero-order valence-electron chi connectivity index (χ0n) is 14.8. The number of carbonyl (C=O) groups is 2. The van der Waals surface area contributed by atoms with Gasteiger partial charge < -0.3 is 10.4 Å². The topological polar surface area (TPSA) is 82.5 Å². The van der Waals surface area contributed by atoms with E-state index in [1.165, 1.54) is 0 Å². The van der Waals surface area contributed by atoms with E-state index in [1.807, 2.05) is 48.2 Å². The lowest BCUT2D eigenvalue weighted by atomic mass is 9.85. The van der Waals surface area contributed by atoms with E-state index in [0.717, 1.165) is 24.0 Å². The average molecular weight is 353 g/mol. The molecular weight excluding hydrogens is 330 g/mol. The summed E-state index contributed by atoms with van der Waals surface area (Å²) in [6, 6.07) is 12.0. The van der Waals surface area contributed by atoms with Gasteiger partial charge in [0.1, 0.15) is 0 Å². The van der Waals surface area contributed by atoms with E-state index >= 15 is 0 Å². The van der Waals surface area contributed by atoms with Gasteiger partial charge in [-0.1, -0.05) is 37.3 Å². The molecule has 1 aromatic heterocycles. The van der Waals surface area contributed by atoms with Crippen LogP contribution in [0.3, 0.4) is 0 Å². The molecule has 0 unspecified atom stereocenters. The Morgan fingerprint density at radius 3 is 2.58 bits per heavy atom. The van der Waals surface area contributed by atoms with Crippen LogP contribution in [0.15, 0.2) is 48.8 Å². The van der Waals surface area contributed by atoms with E-state index in [2.05, 4.69) is 10.3 Å². The third-order valence-corrected chi connectivity index (χ3v) is 4.82. The summed E-state index contributed by atoms with van der Waals surface area (Å²) in [5, 5.41) is 12.0. The van der Waals surface area contributed by atoms with Crippen LogP contribution < -0.4 is 5.32 Å². The average Bonchev–Trinajstić information content (AvgIpc) is 2.63. The van der Waals surface area contributed by atoms with Crippen molar-refractivity contribution in [3.8, 4) is 11.1 Å². The molecule has 0 bridgehead atoms. The number of pyridine rings is 1. The Balaban J connectivity index is 1.58. The highest BCUT2D eigenvalue weighted by atomic mass is 16.4. The van der Waals surface area contributed by atoms with Gasteiger partial charge in [0.05, 0.1) is 12.1 Å². The Morgan fingerprint density at radius 2 is 1.92 bits per heavy atom. The molecule has 6 heteroatoms. The molecule has 1 aliphatic carbocycles. The summed E-state index contributed by atoms with van der Waals surface area (Å²) >= 11 is 0. The Labute approximate surface area is 152 Å². The number of hydrogen-bond acceptors (Lipinski definition) is 4. The standard InChI is InChI=1S/C20H23N3O3/c1-2-23(13-19(24)25)18-9-17(10-18)22-20(26)16-8-15(11-21-12-16)14-6-4-3-5-7-14/h3-8,11-12,17-18H,2,9-10,13H2,1H3,(H,22,26)(H,24,25). The molecule has 6 nitrogen and oxygen atoms in total. The van der Waals surface area contributed by atoms with Gasteiger partial charge in [0.2, 0.25) is 0 Å². The number of carbonyl (C=O) groups excluding carboxylic acids is 1. The van der Waals surface area contributed by atoms with Crippen LogP contribution in [0.5, 0.6) is 0 Å². The first kappa shape index (κ1) is 18.1. The Hall–Kier alpha value is -2.73. The van der Waals surface area contributed by atoms with E-state index in [0.29, 0.717) is 12.1 Å². The summed E-state index contributed by atoms with van der Waals surface area (Å²) in [6.07, 6.45) is 4.87. The van der Waals surface area contributed by atoms with Gasteiger partial charge in [0, 0.05) is 30.0 Å². The molecule has 1 amide bonds. The van der Waals surface area contributed by atoms with E-state index in [1.54, 1.807) is 12.4 Å². The number of carboxylic acid groups (broad SMARTS) is 1. The van der Waals surface area contributed by atoms with Crippen molar-refractivity contribution in [3.05, 3.63) is 54.4 Å². The molecule has 2 aromatic rings. The molecule has 1 fully saturated rings. The van der Waals surface area contributed by atoms with Crippen LogP contribution in [0.2, 0.25) is 0 Å². The summed E-state index contributed by atoms with van der Waals surface area (Å²) < 4.78 is 0. The number of likely N-dealkylation sites (N-methyl/N-ethyl adjacent to an activating group) is 1. The largest absolute Gasteiger partial charge is 0.480 e. The van der Waals surface area contributed by atoms with E-state index in [4.69, 9.17) is 5.11 Å². The highest BCUT2D eigenvalue weighted by Crippen LogP contribution is 2.26. The van der Waals surface area contributed by atoms with Crippen LogP contribution >= 0.6 is 0 Å². The van der Waals surface area contributed by atoms with Gasteiger partial charge in [-0.2, -0.15) is 0 Å². The molecule has 1 aromatic carbocycles. The minimum absolute atomic E-state index is 0.0465. The molecular formula is C20H23N3O3. The van der Waals surface area contributed by atoms with Gasteiger partial charge in [0.15, 0.2) is 0 Å². The second-order valence-electron chi connectivity index (χ2n) is 6.58. The van der Waals surface area contributed by atoms with E-state index in [-0.39, 0.29) is 24.5 Å². The summed E-state index contributed by atoms with van der Waals surface area (Å²) in [5.41, 5.74) is 2.46. The third kappa shape index (κ3) is 4.26. The minimum atomic E-state index is -0.817. The van der Waals surface area contributed by atoms with Gasteiger partial charge in [-0.15, -0.1) is 0 Å². The lowest BCUT2D eigenvalue weighted by Gasteiger charge is -2.42. The van der Waals surface area contributed by atoms with Gasteiger partial charge in [0.25, 0.3) is 5.91 Å². The van der Waals surface area contributed by atoms with E-state index in [9.17, 15) is 9.59 Å². The quantitative estimate of drug-likeness (QED) is 0.799. The van der Waals surface area contributed by atoms with Crippen molar-refractivity contribution < 1.29 is 14.7 Å². The lowest BCUT2D eigenvalue weighted by molar-refractivity contribution is -0.139. The summed E-state index contributed by atoms with van der Waals surface area (Å²) in [4.78, 5) is 29.5. The molecule has 0 atom stereocenters. The summed E-state index contributed by atoms with van der Waals surface area (Å²) in [7, 11) is 0. The lowest BCUT2D eigenvalue weighted by Crippen LogP contribution is -2.54. The van der Waals surface area contributed by atoms with Crippen molar-refractivity contribution in [1.29, 1.82) is 0 Å². The molecule has 0 radical (unpaired) electrons. The number of aliphatic carboxylic acids is 1. The Kier molecular flexibility index (Phi) is 5.63. The minimum Gasteiger partial charge on any atom is -0.480 e. The number of benzene rings is 1. The van der Waals surface area contributed by atoms with Crippen molar-refractivity contribution in [3.63, 3.8) is 0 Å². The van der Waals surface area contributed by atoms with Crippen molar-refractivity contribution in [2.24, 2.45) is 0 Å². The molecule has 0 saturated heterocycles. The highest BCUT2D eigenvalue weighted by Gasteiger charge is 2.34. The molecule has 1 saturated carbocycles. The molecule has 1 heterocycles. The fourth-order valence-corrected chi connectivity index (χ4v) is 3.30. The van der Waals surface area contributed by atoms with Gasteiger partial charge >= 0.3 is 5.97 Å². The molecule has 2 N–H and O–H groups in total. The van der Waals surface area contributed by atoms with Crippen molar-refractivity contribution in [1.82, 2.24) is 15.2 Å². The zero-order valence-corrected chi connectivity index (χ0v) is 14.8. The smallest absolute Gasteiger partial charge is 0.317 e. The molecule has 3 rings (SSSR count). The summed E-state index contributed by atoms with van der Waals surface area (Å²) in [6.45, 7) is 2.70. The number of aromatic nitrogens is 1. The van der Waals surface area contributed by atoms with E-state index < -0.39 is 5.97 Å². The summed E-state index contributed by atoms with van der Waals surface area (Å²) in [5.74, 6) is -0.955. The first-order valence-corrected chi connectivity index (χ1v) is 8.84. The number of nitrogens with zero attached hydrogens (tertiary/aromatic N) is 2. The predicted molar refractivity (Wildman–Crippen MR) is 98.8 cm³/mol. The monoisotopic (exact) mass is 353 g/mol. The van der Waals surface area contributed by atoms with Crippen molar-refractivity contribution in [2.45, 2.75) is 31.8 Å². The third-order valence-electron chi connectivity index (χ3n) is 4.82. The van der Waals surface area contributed by atoms with Crippen LogP contribution in [-0.4, -0.2) is 52.0 Å². The number of nitrogens with one attached hydrogen (secondary N) is 1. The molecule has 136 valence electrons. The van der Waals surface area contributed by atoms with Crippen molar-refractivity contribution in [2.75, 3.05) is 13.1 Å². The van der Waals surface area contributed by atoms with Gasteiger partial charge in [-0.05, 0) is 31.0 Å². The van der Waals surface area contributed by atoms with Gasteiger partial charge in [-0.25, -0.2) is 0 Å². The molecule has 26 heavy (non-hydrogen) atoms. The fourth-order valence-electron chi connectivity index (χ4n) is 3.30. The highest BCUT2D eigenvalue weighted by molar-refractivity contribution is 5.95. The number of hydrogen-bond donors (Lipinski definition) is 2. The zero-order chi connectivity index (χ0) is 18.5. The SMILES string of the molecule is CCN(CC(=O)O)C1CC(NC(=O)c2cncc(-c3ccccc3)c2)C1. The number of rotatable bonds is 7. The predicted octanol–water partition coefficient (Wildman–Crippen LogP) is 2.42. The van der Waals surface area contributed by atoms with Crippen LogP contribution in [0.4, 0.5) is 0 Å². The number of carboxylic acids is 1. The van der Waals surface area contributed by atoms with Crippen LogP contribution in [0.1, 0.15) is 30.1 Å². The first-order valence-electron chi connectivity index (χ1n) is 8.84.